The highest BCUT2D eigenvalue weighted by Crippen LogP contribution is 2.17. The van der Waals surface area contributed by atoms with E-state index in [1.165, 1.54) is 6.07 Å². The molecule has 2 N–H and O–H groups in total. The van der Waals surface area contributed by atoms with Gasteiger partial charge in [-0.3, -0.25) is 0 Å². The van der Waals surface area contributed by atoms with E-state index >= 15 is 0 Å². The molecule has 0 bridgehead atoms. The van der Waals surface area contributed by atoms with Gasteiger partial charge in [0.1, 0.15) is 0 Å². The third-order valence-electron chi connectivity index (χ3n) is 2.51. The van der Waals surface area contributed by atoms with Gasteiger partial charge >= 0.3 is 5.97 Å². The Labute approximate surface area is 114 Å². The molecule has 0 aliphatic rings. The van der Waals surface area contributed by atoms with Crippen LogP contribution < -0.4 is 5.32 Å². The van der Waals surface area contributed by atoms with Crippen molar-refractivity contribution in [1.82, 2.24) is 15.0 Å². The Bertz CT molecular complexity index is 571. The van der Waals surface area contributed by atoms with Gasteiger partial charge in [-0.1, -0.05) is 6.92 Å². The molecule has 2 aromatic heterocycles. The van der Waals surface area contributed by atoms with Crippen molar-refractivity contribution in [2.75, 3.05) is 11.9 Å². The lowest BCUT2D eigenvalue weighted by molar-refractivity contribution is 0.0690. The highest BCUT2D eigenvalue weighted by molar-refractivity contribution is 7.09. The summed E-state index contributed by atoms with van der Waals surface area (Å²) in [4.78, 5) is 23.3. The van der Waals surface area contributed by atoms with Crippen molar-refractivity contribution in [3.05, 3.63) is 34.0 Å². The Morgan fingerprint density at radius 2 is 2.32 bits per heavy atom. The Morgan fingerprint density at radius 1 is 1.53 bits per heavy atom. The predicted molar refractivity (Wildman–Crippen MR) is 72.7 cm³/mol. The van der Waals surface area contributed by atoms with Gasteiger partial charge in [0.15, 0.2) is 5.69 Å². The smallest absolute Gasteiger partial charge is 0.354 e. The summed E-state index contributed by atoms with van der Waals surface area (Å²) in [5.74, 6) is -0.500. The SMILES string of the molecule is Cc1cc(C(=O)O)nc(NCC(C)c2nccs2)n1. The first kappa shape index (κ1) is 13.4. The van der Waals surface area contributed by atoms with Gasteiger partial charge in [0, 0.05) is 29.7 Å². The molecule has 2 aromatic rings. The van der Waals surface area contributed by atoms with Crippen molar-refractivity contribution in [1.29, 1.82) is 0 Å². The maximum atomic E-state index is 10.9. The van der Waals surface area contributed by atoms with E-state index < -0.39 is 5.97 Å². The molecule has 0 aromatic carbocycles. The molecule has 19 heavy (non-hydrogen) atoms. The monoisotopic (exact) mass is 278 g/mol. The minimum absolute atomic E-state index is 0.00287. The zero-order valence-electron chi connectivity index (χ0n) is 10.6. The van der Waals surface area contributed by atoms with Crippen LogP contribution in [0.1, 0.15) is 34.0 Å². The fourth-order valence-electron chi connectivity index (χ4n) is 1.57. The average molecular weight is 278 g/mol. The molecule has 2 rings (SSSR count). The number of aromatic nitrogens is 3. The number of nitrogens with one attached hydrogen (secondary N) is 1. The van der Waals surface area contributed by atoms with E-state index in [2.05, 4.69) is 20.3 Å². The largest absolute Gasteiger partial charge is 0.477 e. The summed E-state index contributed by atoms with van der Waals surface area (Å²) in [7, 11) is 0. The Morgan fingerprint density at radius 3 is 2.95 bits per heavy atom. The predicted octanol–water partition coefficient (Wildman–Crippen LogP) is 2.16. The van der Waals surface area contributed by atoms with Crippen molar-refractivity contribution in [2.24, 2.45) is 0 Å². The zero-order chi connectivity index (χ0) is 13.8. The lowest BCUT2D eigenvalue weighted by atomic mass is 10.2. The number of carboxylic acid groups (broad SMARTS) is 1. The number of thiazole rings is 1. The number of hydrogen-bond donors (Lipinski definition) is 2. The molecule has 7 heteroatoms. The van der Waals surface area contributed by atoms with Crippen LogP contribution in [-0.2, 0) is 0 Å². The minimum atomic E-state index is -1.05. The van der Waals surface area contributed by atoms with E-state index in [1.54, 1.807) is 24.5 Å². The molecule has 0 fully saturated rings. The normalized spacial score (nSPS) is 12.1. The summed E-state index contributed by atoms with van der Waals surface area (Å²) in [5.41, 5.74) is 0.619. The summed E-state index contributed by atoms with van der Waals surface area (Å²) in [5, 5.41) is 14.9. The summed E-state index contributed by atoms with van der Waals surface area (Å²) in [6.07, 6.45) is 1.77. The molecule has 0 radical (unpaired) electrons. The molecular formula is C12H14N4O2S. The van der Waals surface area contributed by atoms with Gasteiger partial charge in [-0.25, -0.2) is 19.7 Å². The molecule has 0 saturated carbocycles. The standard InChI is InChI=1S/C12H14N4O2S/c1-7(10-13-3-4-19-10)6-14-12-15-8(2)5-9(16-12)11(17)18/h3-5,7H,6H2,1-2H3,(H,17,18)(H,14,15,16). The number of nitrogens with zero attached hydrogens (tertiary/aromatic N) is 3. The second-order valence-electron chi connectivity index (χ2n) is 4.18. The molecule has 0 aliphatic heterocycles. The number of hydrogen-bond acceptors (Lipinski definition) is 6. The number of carbonyl (C=O) groups is 1. The van der Waals surface area contributed by atoms with Crippen molar-refractivity contribution in [2.45, 2.75) is 19.8 Å². The lowest BCUT2D eigenvalue weighted by Gasteiger charge is -2.10. The molecule has 100 valence electrons. The van der Waals surface area contributed by atoms with E-state index in [1.807, 2.05) is 12.3 Å². The third kappa shape index (κ3) is 3.47. The fourth-order valence-corrected chi connectivity index (χ4v) is 2.27. The maximum Gasteiger partial charge on any atom is 0.354 e. The van der Waals surface area contributed by atoms with Crippen LogP contribution in [0.2, 0.25) is 0 Å². The minimum Gasteiger partial charge on any atom is -0.477 e. The van der Waals surface area contributed by atoms with Crippen molar-refractivity contribution >= 4 is 23.3 Å². The lowest BCUT2D eigenvalue weighted by Crippen LogP contribution is -2.14. The van der Waals surface area contributed by atoms with Crippen LogP contribution in [-0.4, -0.2) is 32.6 Å². The molecule has 0 aliphatic carbocycles. The zero-order valence-corrected chi connectivity index (χ0v) is 11.4. The molecular weight excluding hydrogens is 264 g/mol. The van der Waals surface area contributed by atoms with Crippen LogP contribution in [0.3, 0.4) is 0 Å². The molecule has 6 nitrogen and oxygen atoms in total. The summed E-state index contributed by atoms with van der Waals surface area (Å²) in [6, 6.07) is 1.44. The van der Waals surface area contributed by atoms with E-state index in [0.29, 0.717) is 18.2 Å². The number of aromatic carboxylic acids is 1. The van der Waals surface area contributed by atoms with Gasteiger partial charge in [0.2, 0.25) is 5.95 Å². The van der Waals surface area contributed by atoms with Crippen molar-refractivity contribution in [3.63, 3.8) is 0 Å². The number of rotatable bonds is 5. The molecule has 0 spiro atoms. The molecule has 0 saturated heterocycles. The van der Waals surface area contributed by atoms with E-state index in [4.69, 9.17) is 5.11 Å². The molecule has 1 atom stereocenters. The van der Waals surface area contributed by atoms with E-state index in [9.17, 15) is 4.79 Å². The quantitative estimate of drug-likeness (QED) is 0.871. The van der Waals surface area contributed by atoms with Gasteiger partial charge in [-0.2, -0.15) is 0 Å². The summed E-state index contributed by atoms with van der Waals surface area (Å²) >= 11 is 1.59. The van der Waals surface area contributed by atoms with Crippen LogP contribution in [0, 0.1) is 6.92 Å². The van der Waals surface area contributed by atoms with Gasteiger partial charge in [0.05, 0.1) is 5.01 Å². The van der Waals surface area contributed by atoms with Crippen molar-refractivity contribution < 1.29 is 9.90 Å². The summed E-state index contributed by atoms with van der Waals surface area (Å²) in [6.45, 7) is 4.39. The molecule has 0 amide bonds. The average Bonchev–Trinajstić information content (AvgIpc) is 2.89. The topological polar surface area (TPSA) is 88.0 Å². The number of aryl methyl sites for hydroxylation is 1. The Kier molecular flexibility index (Phi) is 4.06. The van der Waals surface area contributed by atoms with Gasteiger partial charge < -0.3 is 10.4 Å². The van der Waals surface area contributed by atoms with Crippen LogP contribution >= 0.6 is 11.3 Å². The van der Waals surface area contributed by atoms with Crippen LogP contribution in [0.25, 0.3) is 0 Å². The Hall–Kier alpha value is -2.02. The second kappa shape index (κ2) is 5.75. The van der Waals surface area contributed by atoms with Crippen LogP contribution in [0.5, 0.6) is 0 Å². The number of carboxylic acids is 1. The van der Waals surface area contributed by atoms with E-state index in [0.717, 1.165) is 5.01 Å². The first-order valence-corrected chi connectivity index (χ1v) is 6.66. The van der Waals surface area contributed by atoms with Gasteiger partial charge in [-0.15, -0.1) is 11.3 Å². The molecule has 1 unspecified atom stereocenters. The third-order valence-corrected chi connectivity index (χ3v) is 3.52. The number of anilines is 1. The highest BCUT2D eigenvalue weighted by atomic mass is 32.1. The Balaban J connectivity index is 2.05. The van der Waals surface area contributed by atoms with Gasteiger partial charge in [-0.05, 0) is 13.0 Å². The fraction of sp³-hybridized carbons (Fsp3) is 0.333. The van der Waals surface area contributed by atoms with E-state index in [-0.39, 0.29) is 11.6 Å². The highest BCUT2D eigenvalue weighted by Gasteiger charge is 2.11. The van der Waals surface area contributed by atoms with Gasteiger partial charge in [0.25, 0.3) is 0 Å². The van der Waals surface area contributed by atoms with Crippen LogP contribution in [0.15, 0.2) is 17.6 Å². The first-order chi connectivity index (χ1) is 9.06. The maximum absolute atomic E-state index is 10.9. The molecule has 2 heterocycles. The van der Waals surface area contributed by atoms with Crippen LogP contribution in [0.4, 0.5) is 5.95 Å². The first-order valence-electron chi connectivity index (χ1n) is 5.78. The summed E-state index contributed by atoms with van der Waals surface area (Å²) < 4.78 is 0. The van der Waals surface area contributed by atoms with Crippen molar-refractivity contribution in [3.8, 4) is 0 Å². The second-order valence-corrected chi connectivity index (χ2v) is 5.10.